The number of hydrogen-bond donors (Lipinski definition) is 2. The summed E-state index contributed by atoms with van der Waals surface area (Å²) in [6.07, 6.45) is -0.762. The second kappa shape index (κ2) is 8.46. The molecule has 0 aliphatic heterocycles. The second-order valence-electron chi connectivity index (χ2n) is 5.56. The van der Waals surface area contributed by atoms with E-state index in [0.29, 0.717) is 0 Å². The van der Waals surface area contributed by atoms with Crippen molar-refractivity contribution in [2.45, 2.75) is 32.0 Å². The molecule has 0 radical (unpaired) electrons. The zero-order chi connectivity index (χ0) is 16.7. The Morgan fingerprint density at radius 2 is 1.57 bits per heavy atom. The predicted octanol–water partition coefficient (Wildman–Crippen LogP) is 3.00. The van der Waals surface area contributed by atoms with Gasteiger partial charge in [-0.2, -0.15) is 0 Å². The molecule has 4 nitrogen and oxygen atoms in total. The number of aliphatic hydroxyl groups is 1. The molecule has 0 aliphatic rings. The summed E-state index contributed by atoms with van der Waals surface area (Å²) in [6.45, 7) is 3.50. The second-order valence-corrected chi connectivity index (χ2v) is 5.56. The first kappa shape index (κ1) is 17.2. The molecule has 122 valence electrons. The summed E-state index contributed by atoms with van der Waals surface area (Å²) in [5.41, 5.74) is 1.90. The number of nitrogens with one attached hydrogen (secondary N) is 1. The van der Waals surface area contributed by atoms with Crippen LogP contribution >= 0.6 is 0 Å². The van der Waals surface area contributed by atoms with Crippen LogP contribution < -0.4 is 5.32 Å². The van der Waals surface area contributed by atoms with Crippen molar-refractivity contribution in [1.29, 1.82) is 0 Å². The van der Waals surface area contributed by atoms with Crippen LogP contribution in [0, 0.1) is 0 Å². The fourth-order valence-electron chi connectivity index (χ4n) is 2.48. The maximum Gasteiger partial charge on any atom is 0.302 e. The van der Waals surface area contributed by atoms with E-state index in [1.807, 2.05) is 67.6 Å². The lowest BCUT2D eigenvalue weighted by atomic mass is 10.0. The number of ether oxygens (including phenoxy) is 1. The van der Waals surface area contributed by atoms with Crippen LogP contribution in [0.15, 0.2) is 60.7 Å². The SMILES string of the molecule is CC(=O)OC[C@@H](N[C@@H](C)c1ccccc1)[C@H](O)c1ccccc1. The number of rotatable bonds is 7. The highest BCUT2D eigenvalue weighted by Crippen LogP contribution is 2.20. The van der Waals surface area contributed by atoms with E-state index in [1.54, 1.807) is 0 Å². The molecule has 0 spiro atoms. The molecule has 2 aromatic carbocycles. The standard InChI is InChI=1S/C19H23NO3/c1-14(16-9-5-3-6-10-16)20-18(13-23-15(2)21)19(22)17-11-7-4-8-12-17/h3-12,14,18-20,22H,13H2,1-2H3/t14-,18+,19+/m0/s1. The Hall–Kier alpha value is -2.17. The van der Waals surface area contributed by atoms with Gasteiger partial charge in [0.25, 0.3) is 0 Å². The van der Waals surface area contributed by atoms with Crippen molar-refractivity contribution < 1.29 is 14.6 Å². The Kier molecular flexibility index (Phi) is 6.32. The van der Waals surface area contributed by atoms with E-state index < -0.39 is 12.1 Å². The van der Waals surface area contributed by atoms with Crippen molar-refractivity contribution in [3.05, 3.63) is 71.8 Å². The van der Waals surface area contributed by atoms with Gasteiger partial charge in [-0.3, -0.25) is 4.79 Å². The summed E-state index contributed by atoms with van der Waals surface area (Å²) in [7, 11) is 0. The minimum Gasteiger partial charge on any atom is -0.464 e. The topological polar surface area (TPSA) is 58.6 Å². The molecule has 0 saturated heterocycles. The molecule has 0 saturated carbocycles. The molecule has 2 N–H and O–H groups in total. The minimum absolute atomic E-state index is 0.0233. The summed E-state index contributed by atoms with van der Waals surface area (Å²) < 4.78 is 5.12. The number of aliphatic hydroxyl groups excluding tert-OH is 1. The Bertz CT molecular complexity index is 601. The lowest BCUT2D eigenvalue weighted by Gasteiger charge is -2.27. The van der Waals surface area contributed by atoms with Gasteiger partial charge in [-0.15, -0.1) is 0 Å². The lowest BCUT2D eigenvalue weighted by Crippen LogP contribution is -2.40. The first-order chi connectivity index (χ1) is 11.1. The average Bonchev–Trinajstić information content (AvgIpc) is 2.59. The van der Waals surface area contributed by atoms with Crippen molar-refractivity contribution >= 4 is 5.97 Å². The summed E-state index contributed by atoms with van der Waals surface area (Å²) in [5, 5.41) is 14.0. The van der Waals surface area contributed by atoms with Crippen LogP contribution in [-0.2, 0) is 9.53 Å². The highest BCUT2D eigenvalue weighted by molar-refractivity contribution is 5.65. The number of benzene rings is 2. The van der Waals surface area contributed by atoms with Gasteiger partial charge in [-0.25, -0.2) is 0 Å². The molecule has 2 aromatic rings. The number of hydrogen-bond acceptors (Lipinski definition) is 4. The highest BCUT2D eigenvalue weighted by Gasteiger charge is 2.24. The van der Waals surface area contributed by atoms with Gasteiger partial charge in [0.1, 0.15) is 6.61 Å². The van der Waals surface area contributed by atoms with Crippen LogP contribution in [0.4, 0.5) is 0 Å². The lowest BCUT2D eigenvalue weighted by molar-refractivity contribution is -0.142. The van der Waals surface area contributed by atoms with Gasteiger partial charge < -0.3 is 15.2 Å². The molecule has 23 heavy (non-hydrogen) atoms. The molecule has 0 aliphatic carbocycles. The first-order valence-corrected chi connectivity index (χ1v) is 7.75. The van der Waals surface area contributed by atoms with Crippen molar-refractivity contribution in [2.75, 3.05) is 6.61 Å². The third kappa shape index (κ3) is 5.20. The molecular formula is C19H23NO3. The van der Waals surface area contributed by atoms with E-state index in [0.717, 1.165) is 11.1 Å². The molecule has 0 bridgehead atoms. The van der Waals surface area contributed by atoms with Crippen LogP contribution in [0.3, 0.4) is 0 Å². The van der Waals surface area contributed by atoms with Gasteiger partial charge >= 0.3 is 5.97 Å². The molecule has 0 aromatic heterocycles. The van der Waals surface area contributed by atoms with E-state index in [1.165, 1.54) is 6.92 Å². The molecule has 2 rings (SSSR count). The quantitative estimate of drug-likeness (QED) is 0.772. The van der Waals surface area contributed by atoms with Crippen LogP contribution in [-0.4, -0.2) is 23.7 Å². The fraction of sp³-hybridized carbons (Fsp3) is 0.316. The monoisotopic (exact) mass is 313 g/mol. The van der Waals surface area contributed by atoms with E-state index >= 15 is 0 Å². The predicted molar refractivity (Wildman–Crippen MR) is 89.8 cm³/mol. The largest absolute Gasteiger partial charge is 0.464 e. The van der Waals surface area contributed by atoms with E-state index in [2.05, 4.69) is 5.32 Å². The summed E-state index contributed by atoms with van der Waals surface area (Å²) in [6, 6.07) is 19.0. The van der Waals surface area contributed by atoms with Crippen molar-refractivity contribution in [3.63, 3.8) is 0 Å². The molecule has 4 heteroatoms. The Balaban J connectivity index is 2.11. The van der Waals surface area contributed by atoms with E-state index in [9.17, 15) is 9.90 Å². The van der Waals surface area contributed by atoms with Crippen LogP contribution in [0.2, 0.25) is 0 Å². The number of esters is 1. The van der Waals surface area contributed by atoms with Gasteiger partial charge in [0.05, 0.1) is 12.1 Å². The third-order valence-electron chi connectivity index (χ3n) is 3.75. The number of carbonyl (C=O) groups is 1. The summed E-state index contributed by atoms with van der Waals surface area (Å²) in [4.78, 5) is 11.1. The molecular weight excluding hydrogens is 290 g/mol. The van der Waals surface area contributed by atoms with Gasteiger partial charge in [0, 0.05) is 13.0 Å². The molecule has 0 fully saturated rings. The molecule has 0 unspecified atom stereocenters. The van der Waals surface area contributed by atoms with Crippen LogP contribution in [0.5, 0.6) is 0 Å². The zero-order valence-electron chi connectivity index (χ0n) is 13.5. The van der Waals surface area contributed by atoms with Crippen molar-refractivity contribution in [3.8, 4) is 0 Å². The Morgan fingerprint density at radius 1 is 1.04 bits per heavy atom. The average molecular weight is 313 g/mol. The maximum atomic E-state index is 11.1. The molecule has 0 heterocycles. The fourth-order valence-corrected chi connectivity index (χ4v) is 2.48. The van der Waals surface area contributed by atoms with Crippen molar-refractivity contribution in [1.82, 2.24) is 5.32 Å². The van der Waals surface area contributed by atoms with E-state index in [-0.39, 0.29) is 18.6 Å². The summed E-state index contributed by atoms with van der Waals surface area (Å²) in [5.74, 6) is -0.357. The Morgan fingerprint density at radius 3 is 2.09 bits per heavy atom. The summed E-state index contributed by atoms with van der Waals surface area (Å²) >= 11 is 0. The van der Waals surface area contributed by atoms with E-state index in [4.69, 9.17) is 4.74 Å². The normalized spacial score (nSPS) is 14.7. The first-order valence-electron chi connectivity index (χ1n) is 7.75. The maximum absolute atomic E-state index is 11.1. The van der Waals surface area contributed by atoms with Gasteiger partial charge in [0.15, 0.2) is 0 Å². The van der Waals surface area contributed by atoms with Gasteiger partial charge in [-0.05, 0) is 18.1 Å². The molecule has 0 amide bonds. The van der Waals surface area contributed by atoms with Crippen molar-refractivity contribution in [2.24, 2.45) is 0 Å². The van der Waals surface area contributed by atoms with Crippen LogP contribution in [0.25, 0.3) is 0 Å². The Labute approximate surface area is 137 Å². The number of carbonyl (C=O) groups excluding carboxylic acids is 1. The minimum atomic E-state index is -0.762. The van der Waals surface area contributed by atoms with Crippen LogP contribution in [0.1, 0.15) is 37.1 Å². The van der Waals surface area contributed by atoms with Gasteiger partial charge in [0.2, 0.25) is 0 Å². The third-order valence-corrected chi connectivity index (χ3v) is 3.75. The van der Waals surface area contributed by atoms with Gasteiger partial charge in [-0.1, -0.05) is 60.7 Å². The zero-order valence-corrected chi connectivity index (χ0v) is 13.5. The smallest absolute Gasteiger partial charge is 0.302 e. The highest BCUT2D eigenvalue weighted by atomic mass is 16.5. The molecule has 3 atom stereocenters.